The lowest BCUT2D eigenvalue weighted by atomic mass is 9.93. The lowest BCUT2D eigenvalue weighted by Crippen LogP contribution is -2.16. The van der Waals surface area contributed by atoms with Crippen LogP contribution in [0.5, 0.6) is 0 Å². The van der Waals surface area contributed by atoms with Crippen LogP contribution in [-0.4, -0.2) is 11.6 Å². The monoisotopic (exact) mass is 186 g/mol. The van der Waals surface area contributed by atoms with Crippen LogP contribution in [0.3, 0.4) is 0 Å². The standard InChI is InChI=1S/C10H6N2O2/c13-7-1-2-8(14)10(6-4-12-6)9(7)5-3-11-5/h1-4,11-12H. The Labute approximate surface area is 79.7 Å². The van der Waals surface area contributed by atoms with Crippen LogP contribution in [0.4, 0.5) is 0 Å². The molecule has 0 bridgehead atoms. The summed E-state index contributed by atoms with van der Waals surface area (Å²) in [4.78, 5) is 23.1. The summed E-state index contributed by atoms with van der Waals surface area (Å²) in [6.45, 7) is 0. The number of ketones is 2. The number of nitrogens with one attached hydrogen (secondary N) is 2. The fourth-order valence-corrected chi connectivity index (χ4v) is 1.46. The van der Waals surface area contributed by atoms with Crippen LogP contribution in [0, 0.1) is 0 Å². The van der Waals surface area contributed by atoms with Gasteiger partial charge in [0, 0.05) is 12.4 Å². The summed E-state index contributed by atoms with van der Waals surface area (Å²) in [5.74, 6) is -0.240. The molecule has 2 N–H and O–H groups in total. The molecule has 0 unspecified atom stereocenters. The highest BCUT2D eigenvalue weighted by Gasteiger charge is 2.32. The first kappa shape index (κ1) is 7.32. The summed E-state index contributed by atoms with van der Waals surface area (Å²) >= 11 is 0. The quantitative estimate of drug-likeness (QED) is 0.589. The third-order valence-corrected chi connectivity index (χ3v) is 2.24. The summed E-state index contributed by atoms with van der Waals surface area (Å²) in [6.07, 6.45) is 6.04. The first-order valence-corrected chi connectivity index (χ1v) is 4.22. The molecule has 0 radical (unpaired) electrons. The van der Waals surface area contributed by atoms with E-state index in [1.807, 2.05) is 0 Å². The van der Waals surface area contributed by atoms with Crippen molar-refractivity contribution in [3.8, 4) is 0 Å². The van der Waals surface area contributed by atoms with Gasteiger partial charge >= 0.3 is 0 Å². The highest BCUT2D eigenvalue weighted by Crippen LogP contribution is 2.30. The molecule has 0 atom stereocenters. The maximum Gasteiger partial charge on any atom is 0.188 e. The van der Waals surface area contributed by atoms with Crippen LogP contribution >= 0.6 is 0 Å². The Morgan fingerprint density at radius 3 is 1.43 bits per heavy atom. The zero-order chi connectivity index (χ0) is 9.71. The zero-order valence-electron chi connectivity index (χ0n) is 7.13. The maximum absolute atomic E-state index is 11.5. The summed E-state index contributed by atoms with van der Waals surface area (Å²) in [6, 6.07) is 0. The fraction of sp³-hybridized carbons (Fsp3) is 0. The lowest BCUT2D eigenvalue weighted by Gasteiger charge is -2.08. The Kier molecular flexibility index (Phi) is 1.16. The van der Waals surface area contributed by atoms with Crippen molar-refractivity contribution in [2.75, 3.05) is 0 Å². The molecule has 0 fully saturated rings. The summed E-state index contributed by atoms with van der Waals surface area (Å²) in [5, 5.41) is 5.68. The molecule has 0 saturated heterocycles. The normalized spacial score (nSPS) is 22.6. The van der Waals surface area contributed by atoms with E-state index in [0.29, 0.717) is 11.1 Å². The van der Waals surface area contributed by atoms with Crippen LogP contribution in [0.1, 0.15) is 0 Å². The van der Waals surface area contributed by atoms with Crippen LogP contribution in [0.25, 0.3) is 0 Å². The van der Waals surface area contributed by atoms with Gasteiger partial charge in [0.15, 0.2) is 11.6 Å². The van der Waals surface area contributed by atoms with Crippen molar-refractivity contribution < 1.29 is 9.59 Å². The van der Waals surface area contributed by atoms with E-state index < -0.39 is 0 Å². The van der Waals surface area contributed by atoms with Gasteiger partial charge in [-0.15, -0.1) is 0 Å². The highest BCUT2D eigenvalue weighted by molar-refractivity contribution is 6.24. The molecular weight excluding hydrogens is 180 g/mol. The molecule has 3 rings (SSSR count). The molecule has 2 heterocycles. The predicted octanol–water partition coefficient (Wildman–Crippen LogP) is -0.120. The van der Waals surface area contributed by atoms with E-state index in [0.717, 1.165) is 11.4 Å². The van der Waals surface area contributed by atoms with Crippen molar-refractivity contribution >= 4 is 11.6 Å². The Balaban J connectivity index is 2.17. The van der Waals surface area contributed by atoms with Crippen molar-refractivity contribution in [2.24, 2.45) is 0 Å². The first-order chi connectivity index (χ1) is 6.77. The topological polar surface area (TPSA) is 78.0 Å². The largest absolute Gasteiger partial charge is 0.358 e. The minimum Gasteiger partial charge on any atom is -0.358 e. The summed E-state index contributed by atoms with van der Waals surface area (Å²) < 4.78 is 0. The molecule has 3 aliphatic rings. The zero-order valence-corrected chi connectivity index (χ0v) is 7.13. The van der Waals surface area contributed by atoms with Crippen molar-refractivity contribution in [1.82, 2.24) is 10.6 Å². The molecule has 0 aromatic heterocycles. The molecule has 0 spiro atoms. The van der Waals surface area contributed by atoms with Gasteiger partial charge < -0.3 is 10.6 Å². The predicted molar refractivity (Wildman–Crippen MR) is 48.6 cm³/mol. The highest BCUT2D eigenvalue weighted by atomic mass is 16.1. The third-order valence-electron chi connectivity index (χ3n) is 2.24. The van der Waals surface area contributed by atoms with Gasteiger partial charge in [0.25, 0.3) is 0 Å². The molecule has 68 valence electrons. The van der Waals surface area contributed by atoms with Crippen LogP contribution in [0.2, 0.25) is 0 Å². The molecule has 0 aromatic rings. The summed E-state index contributed by atoms with van der Waals surface area (Å²) in [5.41, 5.74) is 2.46. The van der Waals surface area contributed by atoms with E-state index in [1.165, 1.54) is 12.2 Å². The van der Waals surface area contributed by atoms with Crippen molar-refractivity contribution in [1.29, 1.82) is 0 Å². The minimum absolute atomic E-state index is 0.120. The molecule has 14 heavy (non-hydrogen) atoms. The van der Waals surface area contributed by atoms with E-state index >= 15 is 0 Å². The number of hydrogen-bond donors (Lipinski definition) is 2. The average molecular weight is 186 g/mol. The van der Waals surface area contributed by atoms with Gasteiger partial charge in [0.2, 0.25) is 0 Å². The molecule has 1 aliphatic carbocycles. The Morgan fingerprint density at radius 2 is 1.14 bits per heavy atom. The second-order valence-electron chi connectivity index (χ2n) is 3.22. The second kappa shape index (κ2) is 2.23. The number of hydrogen-bond acceptors (Lipinski definition) is 4. The lowest BCUT2D eigenvalue weighted by molar-refractivity contribution is -0.114. The van der Waals surface area contributed by atoms with Gasteiger partial charge in [-0.1, -0.05) is 0 Å². The van der Waals surface area contributed by atoms with Crippen LogP contribution < -0.4 is 10.6 Å². The van der Waals surface area contributed by atoms with Gasteiger partial charge in [-0.3, -0.25) is 9.59 Å². The fourth-order valence-electron chi connectivity index (χ4n) is 1.46. The Bertz CT molecular complexity index is 448. The van der Waals surface area contributed by atoms with Crippen molar-refractivity contribution in [2.45, 2.75) is 0 Å². The first-order valence-electron chi connectivity index (χ1n) is 4.22. The molecule has 4 nitrogen and oxygen atoms in total. The van der Waals surface area contributed by atoms with Crippen molar-refractivity contribution in [3.63, 3.8) is 0 Å². The minimum atomic E-state index is -0.120. The molecule has 4 heteroatoms. The second-order valence-corrected chi connectivity index (χ2v) is 3.22. The number of rotatable bonds is 2. The van der Waals surface area contributed by atoms with Gasteiger partial charge in [-0.25, -0.2) is 0 Å². The Hall–Kier alpha value is -2.10. The van der Waals surface area contributed by atoms with Gasteiger partial charge in [-0.2, -0.15) is 0 Å². The number of allylic oxidation sites excluding steroid dienone is 4. The van der Waals surface area contributed by atoms with E-state index in [4.69, 9.17) is 0 Å². The van der Waals surface area contributed by atoms with E-state index in [1.54, 1.807) is 12.4 Å². The Morgan fingerprint density at radius 1 is 0.786 bits per heavy atom. The molecule has 0 aromatic carbocycles. The smallest absolute Gasteiger partial charge is 0.188 e. The molecule has 0 amide bonds. The van der Waals surface area contributed by atoms with Crippen molar-refractivity contribution in [3.05, 3.63) is 47.1 Å². The molecular formula is C10H6N2O2. The number of carbonyl (C=O) groups excluding carboxylic acids is 2. The van der Waals surface area contributed by atoms with Gasteiger partial charge in [0.05, 0.1) is 22.5 Å². The third kappa shape index (κ3) is 0.939. The van der Waals surface area contributed by atoms with E-state index in [-0.39, 0.29) is 11.6 Å². The average Bonchev–Trinajstić information content (AvgIpc) is 3.02. The van der Waals surface area contributed by atoms with Gasteiger partial charge in [-0.05, 0) is 12.2 Å². The number of carbonyl (C=O) groups is 2. The van der Waals surface area contributed by atoms with E-state index in [2.05, 4.69) is 10.6 Å². The molecule has 2 aliphatic heterocycles. The van der Waals surface area contributed by atoms with E-state index in [9.17, 15) is 9.59 Å². The van der Waals surface area contributed by atoms with Gasteiger partial charge in [0.1, 0.15) is 0 Å². The summed E-state index contributed by atoms with van der Waals surface area (Å²) in [7, 11) is 0. The SMILES string of the molecule is O=C1C=CC(=O)C(C2=CN2)=C1C1=CN1. The molecule has 0 saturated carbocycles. The van der Waals surface area contributed by atoms with Crippen LogP contribution in [-0.2, 0) is 9.59 Å². The van der Waals surface area contributed by atoms with Crippen LogP contribution in [0.15, 0.2) is 47.1 Å². The maximum atomic E-state index is 11.5.